The summed E-state index contributed by atoms with van der Waals surface area (Å²) in [6.07, 6.45) is 2.70. The molecule has 0 saturated carbocycles. The maximum Gasteiger partial charge on any atom is 0.259 e. The van der Waals surface area contributed by atoms with Crippen LogP contribution in [0.5, 0.6) is 0 Å². The maximum atomic E-state index is 12.7. The summed E-state index contributed by atoms with van der Waals surface area (Å²) >= 11 is 0. The molecule has 0 saturated heterocycles. The Bertz CT molecular complexity index is 1080. The molecule has 7 nitrogen and oxygen atoms in total. The molecule has 7 heteroatoms. The van der Waals surface area contributed by atoms with E-state index in [1.54, 1.807) is 22.7 Å². The Kier molecular flexibility index (Phi) is 3.68. The SMILES string of the molecule is CCCn1c(NC(=O)c2ccc3nnc(C)n3c2)nc2ccccc21. The molecule has 25 heavy (non-hydrogen) atoms. The summed E-state index contributed by atoms with van der Waals surface area (Å²) in [7, 11) is 0. The summed E-state index contributed by atoms with van der Waals surface area (Å²) in [4.78, 5) is 17.3. The molecular weight excluding hydrogens is 316 g/mol. The molecule has 0 fully saturated rings. The zero-order valence-corrected chi connectivity index (χ0v) is 14.1. The van der Waals surface area contributed by atoms with E-state index in [2.05, 4.69) is 27.4 Å². The highest BCUT2D eigenvalue weighted by Gasteiger charge is 2.15. The van der Waals surface area contributed by atoms with Gasteiger partial charge >= 0.3 is 0 Å². The van der Waals surface area contributed by atoms with Gasteiger partial charge in [0.15, 0.2) is 5.65 Å². The predicted molar refractivity (Wildman–Crippen MR) is 95.7 cm³/mol. The van der Waals surface area contributed by atoms with Crippen LogP contribution in [-0.2, 0) is 6.54 Å². The van der Waals surface area contributed by atoms with Gasteiger partial charge in [-0.2, -0.15) is 0 Å². The van der Waals surface area contributed by atoms with Crippen molar-refractivity contribution < 1.29 is 4.79 Å². The Balaban J connectivity index is 1.70. The third-order valence-electron chi connectivity index (χ3n) is 4.16. The van der Waals surface area contributed by atoms with Crippen LogP contribution in [0.25, 0.3) is 16.7 Å². The number of aryl methyl sites for hydroxylation is 2. The number of hydrogen-bond donors (Lipinski definition) is 1. The molecule has 4 aromatic rings. The summed E-state index contributed by atoms with van der Waals surface area (Å²) in [6, 6.07) is 11.4. The predicted octanol–water partition coefficient (Wildman–Crippen LogP) is 3.05. The molecule has 0 spiro atoms. The molecule has 3 heterocycles. The van der Waals surface area contributed by atoms with Crippen molar-refractivity contribution in [1.82, 2.24) is 24.1 Å². The lowest BCUT2D eigenvalue weighted by molar-refractivity contribution is 0.102. The minimum Gasteiger partial charge on any atom is -0.310 e. The van der Waals surface area contributed by atoms with Gasteiger partial charge < -0.3 is 4.57 Å². The first-order chi connectivity index (χ1) is 12.2. The van der Waals surface area contributed by atoms with Crippen LogP contribution in [0.3, 0.4) is 0 Å². The number of hydrogen-bond acceptors (Lipinski definition) is 4. The van der Waals surface area contributed by atoms with E-state index < -0.39 is 0 Å². The maximum absolute atomic E-state index is 12.7. The average molecular weight is 334 g/mol. The molecule has 0 atom stereocenters. The molecule has 4 rings (SSSR count). The van der Waals surface area contributed by atoms with E-state index in [1.165, 1.54) is 0 Å². The topological polar surface area (TPSA) is 77.1 Å². The van der Waals surface area contributed by atoms with E-state index in [1.807, 2.05) is 35.8 Å². The van der Waals surface area contributed by atoms with Gasteiger partial charge in [0, 0.05) is 12.7 Å². The normalized spacial score (nSPS) is 11.3. The van der Waals surface area contributed by atoms with Crippen molar-refractivity contribution in [3.8, 4) is 0 Å². The number of fused-ring (bicyclic) bond motifs is 2. The number of imidazole rings is 1. The standard InChI is InChI=1S/C18H18N6O/c1-3-10-23-15-7-5-4-6-14(15)19-18(23)20-17(25)13-8-9-16-22-21-12(2)24(16)11-13/h4-9,11H,3,10H2,1-2H3,(H,19,20,25). The number of benzene rings is 1. The number of aromatic nitrogens is 5. The van der Waals surface area contributed by atoms with E-state index in [-0.39, 0.29) is 5.91 Å². The third-order valence-corrected chi connectivity index (χ3v) is 4.16. The number of nitrogens with one attached hydrogen (secondary N) is 1. The summed E-state index contributed by atoms with van der Waals surface area (Å²) in [5.74, 6) is 1.10. The highest BCUT2D eigenvalue weighted by molar-refractivity contribution is 6.04. The number of nitrogens with zero attached hydrogens (tertiary/aromatic N) is 5. The molecule has 0 bridgehead atoms. The molecular formula is C18H18N6O. The second-order valence-corrected chi connectivity index (χ2v) is 5.92. The Morgan fingerprint density at radius 3 is 2.84 bits per heavy atom. The van der Waals surface area contributed by atoms with Gasteiger partial charge in [-0.15, -0.1) is 10.2 Å². The number of carbonyl (C=O) groups is 1. The van der Waals surface area contributed by atoms with E-state index in [0.29, 0.717) is 17.2 Å². The zero-order chi connectivity index (χ0) is 17.4. The Hall–Kier alpha value is -3.22. The van der Waals surface area contributed by atoms with Gasteiger partial charge in [0.2, 0.25) is 5.95 Å². The van der Waals surface area contributed by atoms with Crippen molar-refractivity contribution in [1.29, 1.82) is 0 Å². The molecule has 126 valence electrons. The minimum absolute atomic E-state index is 0.206. The monoisotopic (exact) mass is 334 g/mol. The van der Waals surface area contributed by atoms with Gasteiger partial charge in [-0.1, -0.05) is 19.1 Å². The quantitative estimate of drug-likeness (QED) is 0.622. The Morgan fingerprint density at radius 2 is 2.00 bits per heavy atom. The van der Waals surface area contributed by atoms with Crippen LogP contribution >= 0.6 is 0 Å². The fourth-order valence-electron chi connectivity index (χ4n) is 2.93. The molecule has 1 N–H and O–H groups in total. The summed E-state index contributed by atoms with van der Waals surface area (Å²) in [6.45, 7) is 4.74. The minimum atomic E-state index is -0.206. The van der Waals surface area contributed by atoms with E-state index in [4.69, 9.17) is 0 Å². The third kappa shape index (κ3) is 2.63. The number of carbonyl (C=O) groups excluding carboxylic acids is 1. The van der Waals surface area contributed by atoms with Crippen LogP contribution in [0.4, 0.5) is 5.95 Å². The smallest absolute Gasteiger partial charge is 0.259 e. The van der Waals surface area contributed by atoms with Gasteiger partial charge in [-0.25, -0.2) is 4.98 Å². The summed E-state index contributed by atoms with van der Waals surface area (Å²) in [5, 5.41) is 11.0. The fraction of sp³-hybridized carbons (Fsp3) is 0.222. The van der Waals surface area contributed by atoms with Crippen LogP contribution in [0.2, 0.25) is 0 Å². The van der Waals surface area contributed by atoms with E-state index in [9.17, 15) is 4.79 Å². The van der Waals surface area contributed by atoms with Gasteiger partial charge in [-0.3, -0.25) is 14.5 Å². The van der Waals surface area contributed by atoms with Gasteiger partial charge in [0.25, 0.3) is 5.91 Å². The Morgan fingerprint density at radius 1 is 1.16 bits per heavy atom. The van der Waals surface area contributed by atoms with Gasteiger partial charge in [-0.05, 0) is 37.6 Å². The fourth-order valence-corrected chi connectivity index (χ4v) is 2.93. The molecule has 0 unspecified atom stereocenters. The van der Waals surface area contributed by atoms with Crippen molar-refractivity contribution in [3.05, 3.63) is 54.0 Å². The van der Waals surface area contributed by atoms with Crippen LogP contribution in [-0.4, -0.2) is 30.1 Å². The van der Waals surface area contributed by atoms with Crippen LogP contribution < -0.4 is 5.32 Å². The van der Waals surface area contributed by atoms with Crippen molar-refractivity contribution >= 4 is 28.5 Å². The molecule has 0 aliphatic rings. The number of pyridine rings is 1. The molecule has 1 amide bonds. The highest BCUT2D eigenvalue weighted by atomic mass is 16.1. The lowest BCUT2D eigenvalue weighted by atomic mass is 10.2. The van der Waals surface area contributed by atoms with Crippen LogP contribution in [0, 0.1) is 6.92 Å². The molecule has 1 aromatic carbocycles. The van der Waals surface area contributed by atoms with Crippen molar-refractivity contribution in [2.75, 3.05) is 5.32 Å². The lowest BCUT2D eigenvalue weighted by Gasteiger charge is -2.09. The number of rotatable bonds is 4. The lowest BCUT2D eigenvalue weighted by Crippen LogP contribution is -2.16. The highest BCUT2D eigenvalue weighted by Crippen LogP contribution is 2.20. The van der Waals surface area contributed by atoms with Crippen molar-refractivity contribution in [3.63, 3.8) is 0 Å². The van der Waals surface area contributed by atoms with Gasteiger partial charge in [0.05, 0.1) is 16.6 Å². The number of para-hydroxylation sites is 2. The molecule has 0 aliphatic heterocycles. The second kappa shape index (κ2) is 6.01. The summed E-state index contributed by atoms with van der Waals surface area (Å²) in [5.41, 5.74) is 3.14. The van der Waals surface area contributed by atoms with E-state index in [0.717, 1.165) is 29.8 Å². The first kappa shape index (κ1) is 15.3. The Labute approximate surface area is 144 Å². The van der Waals surface area contributed by atoms with Crippen molar-refractivity contribution in [2.45, 2.75) is 26.8 Å². The van der Waals surface area contributed by atoms with Gasteiger partial charge in [0.1, 0.15) is 5.82 Å². The first-order valence-electron chi connectivity index (χ1n) is 8.25. The van der Waals surface area contributed by atoms with Crippen LogP contribution in [0.15, 0.2) is 42.6 Å². The second-order valence-electron chi connectivity index (χ2n) is 5.92. The molecule has 0 aliphatic carbocycles. The van der Waals surface area contributed by atoms with Crippen LogP contribution in [0.1, 0.15) is 29.5 Å². The average Bonchev–Trinajstić information content (AvgIpc) is 3.16. The number of anilines is 1. The zero-order valence-electron chi connectivity index (χ0n) is 14.1. The summed E-state index contributed by atoms with van der Waals surface area (Å²) < 4.78 is 3.83. The van der Waals surface area contributed by atoms with E-state index >= 15 is 0 Å². The van der Waals surface area contributed by atoms with Crippen molar-refractivity contribution in [2.24, 2.45) is 0 Å². The number of amides is 1. The largest absolute Gasteiger partial charge is 0.310 e. The molecule has 0 radical (unpaired) electrons. The first-order valence-corrected chi connectivity index (χ1v) is 8.25. The molecule has 3 aromatic heterocycles.